The molecule has 1 atom stereocenters. The van der Waals surface area contributed by atoms with Crippen molar-refractivity contribution in [2.24, 2.45) is 0 Å². The second-order valence-electron chi connectivity index (χ2n) is 11.2. The summed E-state index contributed by atoms with van der Waals surface area (Å²) in [5.41, 5.74) is 1.30. The average molecular weight is 621 g/mol. The second-order valence-corrected chi connectivity index (χ2v) is 14.4. The standard InChI is InChI=1S/C28H31F3N6O3S2/c1-16-15-37(9-8-35(16)2)18-6-7-21(19(12-18)17-4-5-17)33-27-32-14-20(28(29,30)31)24(34-27)22-13-23-25(41-22)26(38)36(3)10-11-42(23,39)40/h6-7,12-14,16-17H,4-5,8-11,15H2,1-3H3,(H,32,33,34)/t16-/m1/s1. The lowest BCUT2D eigenvalue weighted by atomic mass is 10.1. The van der Waals surface area contributed by atoms with E-state index in [1.807, 2.05) is 12.1 Å². The van der Waals surface area contributed by atoms with Crippen molar-refractivity contribution in [3.63, 3.8) is 0 Å². The van der Waals surface area contributed by atoms with Crippen LogP contribution >= 0.6 is 11.3 Å². The molecule has 3 aliphatic rings. The Balaban J connectivity index is 1.37. The lowest BCUT2D eigenvalue weighted by molar-refractivity contribution is -0.137. The predicted octanol–water partition coefficient (Wildman–Crippen LogP) is 4.84. The third-order valence-corrected chi connectivity index (χ3v) is 11.2. The number of carbonyl (C=O) groups is 1. The lowest BCUT2D eigenvalue weighted by Crippen LogP contribution is -2.50. The van der Waals surface area contributed by atoms with Crippen molar-refractivity contribution in [1.82, 2.24) is 19.8 Å². The largest absolute Gasteiger partial charge is 0.420 e. The molecule has 2 aliphatic heterocycles. The zero-order valence-electron chi connectivity index (χ0n) is 23.4. The zero-order valence-corrected chi connectivity index (χ0v) is 25.0. The number of alkyl halides is 3. The summed E-state index contributed by atoms with van der Waals surface area (Å²) in [6, 6.07) is 7.61. The molecule has 1 amide bonds. The quantitative estimate of drug-likeness (QED) is 0.433. The molecule has 6 rings (SSSR count). The third kappa shape index (κ3) is 5.47. The molecule has 1 saturated heterocycles. The van der Waals surface area contributed by atoms with E-state index in [2.05, 4.69) is 45.1 Å². The van der Waals surface area contributed by atoms with E-state index in [9.17, 15) is 26.4 Å². The van der Waals surface area contributed by atoms with E-state index in [1.165, 1.54) is 11.9 Å². The van der Waals surface area contributed by atoms with Crippen LogP contribution < -0.4 is 10.2 Å². The van der Waals surface area contributed by atoms with Crippen LogP contribution in [0, 0.1) is 0 Å². The van der Waals surface area contributed by atoms with Crippen molar-refractivity contribution in [2.75, 3.05) is 56.2 Å². The molecule has 3 aromatic rings. The minimum Gasteiger partial charge on any atom is -0.369 e. The first-order chi connectivity index (χ1) is 19.8. The molecule has 1 saturated carbocycles. The Kier molecular flexibility index (Phi) is 7.21. The number of hydrogen-bond donors (Lipinski definition) is 1. The van der Waals surface area contributed by atoms with Crippen LogP contribution in [0.5, 0.6) is 0 Å². The number of rotatable bonds is 5. The molecular weight excluding hydrogens is 589 g/mol. The first-order valence-electron chi connectivity index (χ1n) is 13.7. The zero-order chi connectivity index (χ0) is 30.0. The van der Waals surface area contributed by atoms with Crippen molar-refractivity contribution < 1.29 is 26.4 Å². The predicted molar refractivity (Wildman–Crippen MR) is 155 cm³/mol. The molecule has 0 radical (unpaired) electrons. The Morgan fingerprint density at radius 2 is 1.86 bits per heavy atom. The van der Waals surface area contributed by atoms with Crippen LogP contribution in [-0.2, 0) is 16.0 Å². The van der Waals surface area contributed by atoms with Crippen LogP contribution in [0.15, 0.2) is 35.4 Å². The van der Waals surface area contributed by atoms with Gasteiger partial charge in [-0.2, -0.15) is 13.2 Å². The minimum atomic E-state index is -4.80. The monoisotopic (exact) mass is 620 g/mol. The number of sulfone groups is 1. The van der Waals surface area contributed by atoms with Gasteiger partial charge in [0.15, 0.2) is 9.84 Å². The van der Waals surface area contributed by atoms with E-state index in [-0.39, 0.29) is 32.9 Å². The van der Waals surface area contributed by atoms with Gasteiger partial charge in [-0.1, -0.05) is 0 Å². The molecule has 14 heteroatoms. The molecule has 2 fully saturated rings. The van der Waals surface area contributed by atoms with E-state index < -0.39 is 33.2 Å². The average Bonchev–Trinajstić information content (AvgIpc) is 3.69. The number of nitrogens with zero attached hydrogens (tertiary/aromatic N) is 5. The number of piperazine rings is 1. The fourth-order valence-corrected chi connectivity index (χ4v) is 8.38. The molecular formula is C28H31F3N6O3S2. The number of nitrogens with one attached hydrogen (secondary N) is 1. The number of hydrogen-bond acceptors (Lipinski definition) is 9. The van der Waals surface area contributed by atoms with Gasteiger partial charge in [0, 0.05) is 56.8 Å². The van der Waals surface area contributed by atoms with Gasteiger partial charge in [0.2, 0.25) is 5.95 Å². The van der Waals surface area contributed by atoms with E-state index in [0.29, 0.717) is 29.5 Å². The number of benzene rings is 1. The maximum Gasteiger partial charge on any atom is 0.420 e. The first-order valence-corrected chi connectivity index (χ1v) is 16.2. The number of likely N-dealkylation sites (N-methyl/N-ethyl adjacent to an activating group) is 1. The molecule has 224 valence electrons. The van der Waals surface area contributed by atoms with E-state index >= 15 is 0 Å². The molecule has 0 unspecified atom stereocenters. The second kappa shape index (κ2) is 10.5. The fourth-order valence-electron chi connectivity index (χ4n) is 5.35. The molecule has 0 bridgehead atoms. The van der Waals surface area contributed by atoms with Gasteiger partial charge in [0.1, 0.15) is 10.4 Å². The van der Waals surface area contributed by atoms with Crippen molar-refractivity contribution in [1.29, 1.82) is 0 Å². The highest BCUT2D eigenvalue weighted by atomic mass is 32.2. The van der Waals surface area contributed by atoms with Crippen molar-refractivity contribution in [3.05, 3.63) is 46.5 Å². The summed E-state index contributed by atoms with van der Waals surface area (Å²) in [7, 11) is -0.284. The molecule has 1 aromatic carbocycles. The van der Waals surface area contributed by atoms with E-state index in [0.717, 1.165) is 55.5 Å². The maximum absolute atomic E-state index is 14.1. The number of thiophene rings is 1. The molecule has 0 spiro atoms. The number of aromatic nitrogens is 2. The topological polar surface area (TPSA) is 98.7 Å². The first kappa shape index (κ1) is 28.9. The summed E-state index contributed by atoms with van der Waals surface area (Å²) in [6.45, 7) is 4.96. The minimum absolute atomic E-state index is 0.00320. The highest BCUT2D eigenvalue weighted by molar-refractivity contribution is 7.91. The summed E-state index contributed by atoms with van der Waals surface area (Å²) in [5.74, 6) is -0.566. The molecule has 1 N–H and O–H groups in total. The SMILES string of the molecule is C[C@@H]1CN(c2ccc(Nc3ncc(C(F)(F)F)c(-c4cc5c(s4)C(=O)N(C)CCS5(=O)=O)n3)c(C3CC3)c2)CCN1C. The summed E-state index contributed by atoms with van der Waals surface area (Å²) >= 11 is 0.700. The number of carbonyl (C=O) groups excluding carboxylic acids is 1. The summed E-state index contributed by atoms with van der Waals surface area (Å²) in [5, 5.41) is 3.13. The number of amides is 1. The Hall–Kier alpha value is -3.23. The highest BCUT2D eigenvalue weighted by Crippen LogP contribution is 2.46. The van der Waals surface area contributed by atoms with Gasteiger partial charge >= 0.3 is 6.18 Å². The van der Waals surface area contributed by atoms with Crippen molar-refractivity contribution in [3.8, 4) is 10.6 Å². The van der Waals surface area contributed by atoms with Gasteiger partial charge in [0.05, 0.1) is 21.2 Å². The fraction of sp³-hybridized carbons (Fsp3) is 0.464. The van der Waals surface area contributed by atoms with Crippen LogP contribution in [0.2, 0.25) is 0 Å². The van der Waals surface area contributed by atoms with Crippen LogP contribution in [0.25, 0.3) is 10.6 Å². The maximum atomic E-state index is 14.1. The number of fused-ring (bicyclic) bond motifs is 1. The van der Waals surface area contributed by atoms with Gasteiger partial charge in [-0.15, -0.1) is 11.3 Å². The highest BCUT2D eigenvalue weighted by Gasteiger charge is 2.38. The van der Waals surface area contributed by atoms with Crippen molar-refractivity contribution in [2.45, 2.75) is 42.8 Å². The molecule has 1 aliphatic carbocycles. The van der Waals surface area contributed by atoms with Crippen LogP contribution in [0.1, 0.15) is 46.5 Å². The number of anilines is 3. The molecule has 9 nitrogen and oxygen atoms in total. The van der Waals surface area contributed by atoms with Gasteiger partial charge in [0.25, 0.3) is 5.91 Å². The lowest BCUT2D eigenvalue weighted by Gasteiger charge is -2.39. The van der Waals surface area contributed by atoms with Gasteiger partial charge in [-0.05, 0) is 62.6 Å². The van der Waals surface area contributed by atoms with E-state index in [4.69, 9.17) is 0 Å². The van der Waals surface area contributed by atoms with Gasteiger partial charge < -0.3 is 20.0 Å². The molecule has 4 heterocycles. The van der Waals surface area contributed by atoms with Gasteiger partial charge in [-0.25, -0.2) is 18.4 Å². The molecule has 42 heavy (non-hydrogen) atoms. The summed E-state index contributed by atoms with van der Waals surface area (Å²) in [6.07, 6.45) is -2.05. The Bertz CT molecular complexity index is 1650. The van der Waals surface area contributed by atoms with E-state index in [1.54, 1.807) is 0 Å². The van der Waals surface area contributed by atoms with Crippen molar-refractivity contribution >= 4 is 44.4 Å². The molecule has 2 aromatic heterocycles. The number of halogens is 3. The Morgan fingerprint density at radius 3 is 2.55 bits per heavy atom. The van der Waals surface area contributed by atoms with Crippen LogP contribution in [-0.4, -0.2) is 86.2 Å². The van der Waals surface area contributed by atoms with Crippen LogP contribution in [0.3, 0.4) is 0 Å². The smallest absolute Gasteiger partial charge is 0.369 e. The normalized spacial score (nSPS) is 21.3. The summed E-state index contributed by atoms with van der Waals surface area (Å²) in [4.78, 5) is 26.6. The van der Waals surface area contributed by atoms with Crippen LogP contribution in [0.4, 0.5) is 30.5 Å². The Morgan fingerprint density at radius 1 is 1.10 bits per heavy atom. The third-order valence-electron chi connectivity index (χ3n) is 8.22. The van der Waals surface area contributed by atoms with Gasteiger partial charge in [-0.3, -0.25) is 4.79 Å². The summed E-state index contributed by atoms with van der Waals surface area (Å²) < 4.78 is 68.0. The Labute approximate surface area is 246 Å².